The van der Waals surface area contributed by atoms with Gasteiger partial charge in [0, 0.05) is 6.20 Å². The SMILES string of the molecule is Nc1ccnc(NC2OC(CO)C(O)C2O)c1[N+](=O)[O-]. The van der Waals surface area contributed by atoms with Crippen molar-refractivity contribution in [2.45, 2.75) is 24.5 Å². The van der Waals surface area contributed by atoms with Gasteiger partial charge in [-0.15, -0.1) is 0 Å². The largest absolute Gasteiger partial charge is 0.394 e. The molecule has 0 spiro atoms. The van der Waals surface area contributed by atoms with Gasteiger partial charge < -0.3 is 31.1 Å². The number of rotatable bonds is 4. The number of nitrogens with one attached hydrogen (secondary N) is 1. The molecular formula is C10H14N4O6. The summed E-state index contributed by atoms with van der Waals surface area (Å²) in [6.45, 7) is -0.497. The standard InChI is InChI=1S/C10H14N4O6/c11-4-1-2-12-9(6(4)14(18)19)13-10-8(17)7(16)5(3-15)20-10/h1-2,5,7-8,10,15-17H,3H2,(H3,11,12,13). The molecule has 1 fully saturated rings. The third-order valence-corrected chi connectivity index (χ3v) is 2.96. The van der Waals surface area contributed by atoms with Gasteiger partial charge in [-0.2, -0.15) is 0 Å². The molecule has 6 N–H and O–H groups in total. The topological polar surface area (TPSA) is 164 Å². The molecule has 4 unspecified atom stereocenters. The lowest BCUT2D eigenvalue weighted by Crippen LogP contribution is -2.36. The van der Waals surface area contributed by atoms with Crippen LogP contribution in [0.2, 0.25) is 0 Å². The quantitative estimate of drug-likeness (QED) is 0.324. The summed E-state index contributed by atoms with van der Waals surface area (Å²) in [6, 6.07) is 1.26. The Morgan fingerprint density at radius 3 is 2.75 bits per heavy atom. The Hall–Kier alpha value is -2.01. The van der Waals surface area contributed by atoms with E-state index < -0.39 is 41.8 Å². The van der Waals surface area contributed by atoms with E-state index in [1.807, 2.05) is 0 Å². The third-order valence-electron chi connectivity index (χ3n) is 2.96. The van der Waals surface area contributed by atoms with Gasteiger partial charge in [0.2, 0.25) is 5.82 Å². The Morgan fingerprint density at radius 1 is 1.50 bits per heavy atom. The molecule has 0 aromatic carbocycles. The van der Waals surface area contributed by atoms with Crippen molar-refractivity contribution in [1.29, 1.82) is 0 Å². The predicted molar refractivity (Wildman–Crippen MR) is 66.7 cm³/mol. The number of aliphatic hydroxyl groups excluding tert-OH is 3. The first-order chi connectivity index (χ1) is 9.45. The number of aromatic nitrogens is 1. The first kappa shape index (κ1) is 14.4. The van der Waals surface area contributed by atoms with Crippen molar-refractivity contribution in [2.75, 3.05) is 17.7 Å². The van der Waals surface area contributed by atoms with E-state index in [4.69, 9.17) is 15.6 Å². The van der Waals surface area contributed by atoms with E-state index >= 15 is 0 Å². The minimum atomic E-state index is -1.37. The van der Waals surface area contributed by atoms with Crippen LogP contribution in [0.1, 0.15) is 0 Å². The van der Waals surface area contributed by atoms with Crippen molar-refractivity contribution in [3.05, 3.63) is 22.4 Å². The van der Waals surface area contributed by atoms with E-state index in [9.17, 15) is 20.3 Å². The van der Waals surface area contributed by atoms with Gasteiger partial charge in [-0.3, -0.25) is 10.1 Å². The normalized spacial score (nSPS) is 29.4. The fourth-order valence-corrected chi connectivity index (χ4v) is 1.92. The average molecular weight is 286 g/mol. The van der Waals surface area contributed by atoms with Crippen LogP contribution in [0.3, 0.4) is 0 Å². The zero-order chi connectivity index (χ0) is 14.9. The van der Waals surface area contributed by atoms with Crippen molar-refractivity contribution < 1.29 is 25.0 Å². The molecule has 10 heteroatoms. The van der Waals surface area contributed by atoms with Crippen LogP contribution >= 0.6 is 0 Å². The van der Waals surface area contributed by atoms with Crippen LogP contribution in [0.25, 0.3) is 0 Å². The summed E-state index contributed by atoms with van der Waals surface area (Å²) < 4.78 is 5.15. The molecule has 20 heavy (non-hydrogen) atoms. The maximum Gasteiger partial charge on any atom is 0.334 e. The number of anilines is 2. The number of pyridine rings is 1. The summed E-state index contributed by atoms with van der Waals surface area (Å²) >= 11 is 0. The second kappa shape index (κ2) is 5.54. The van der Waals surface area contributed by atoms with Gasteiger partial charge in [-0.1, -0.05) is 0 Å². The molecule has 1 aromatic heterocycles. The molecule has 0 aliphatic carbocycles. The fourth-order valence-electron chi connectivity index (χ4n) is 1.92. The highest BCUT2D eigenvalue weighted by Crippen LogP contribution is 2.31. The molecule has 0 bridgehead atoms. The molecule has 1 saturated heterocycles. The van der Waals surface area contributed by atoms with Crippen molar-refractivity contribution in [2.24, 2.45) is 0 Å². The molecule has 4 atom stereocenters. The maximum atomic E-state index is 10.9. The molecule has 1 aliphatic rings. The number of nitrogens with two attached hydrogens (primary N) is 1. The Morgan fingerprint density at radius 2 is 2.20 bits per heavy atom. The van der Waals surface area contributed by atoms with Gasteiger partial charge >= 0.3 is 5.69 Å². The maximum absolute atomic E-state index is 10.9. The molecule has 0 amide bonds. The van der Waals surface area contributed by atoms with E-state index in [-0.39, 0.29) is 11.5 Å². The smallest absolute Gasteiger partial charge is 0.334 e. The average Bonchev–Trinajstić information content (AvgIpc) is 2.66. The van der Waals surface area contributed by atoms with Crippen molar-refractivity contribution in [3.8, 4) is 0 Å². The van der Waals surface area contributed by atoms with E-state index in [1.165, 1.54) is 12.3 Å². The second-order valence-electron chi connectivity index (χ2n) is 4.26. The van der Waals surface area contributed by atoms with Crippen LogP contribution < -0.4 is 11.1 Å². The lowest BCUT2D eigenvalue weighted by molar-refractivity contribution is -0.383. The Labute approximate surface area is 113 Å². The van der Waals surface area contributed by atoms with E-state index in [0.717, 1.165) is 0 Å². The number of nitro groups is 1. The molecule has 1 aromatic rings. The Bertz CT molecular complexity index is 513. The molecule has 110 valence electrons. The number of nitrogens with zero attached hydrogens (tertiary/aromatic N) is 2. The van der Waals surface area contributed by atoms with Crippen LogP contribution in [-0.2, 0) is 4.74 Å². The highest BCUT2D eigenvalue weighted by atomic mass is 16.6. The highest BCUT2D eigenvalue weighted by Gasteiger charge is 2.43. The van der Waals surface area contributed by atoms with Gasteiger partial charge in [0.05, 0.1) is 11.5 Å². The predicted octanol–water partition coefficient (Wildman–Crippen LogP) is -1.58. The highest BCUT2D eigenvalue weighted by molar-refractivity contribution is 5.70. The van der Waals surface area contributed by atoms with Gasteiger partial charge in [-0.25, -0.2) is 4.98 Å². The Kier molecular flexibility index (Phi) is 3.99. The van der Waals surface area contributed by atoms with Crippen LogP contribution in [0, 0.1) is 10.1 Å². The van der Waals surface area contributed by atoms with Gasteiger partial charge in [0.15, 0.2) is 6.23 Å². The number of aliphatic hydroxyl groups is 3. The Balaban J connectivity index is 2.23. The summed E-state index contributed by atoms with van der Waals surface area (Å²) in [6.07, 6.45) is -3.54. The molecule has 2 rings (SSSR count). The van der Waals surface area contributed by atoms with Crippen LogP contribution in [0.4, 0.5) is 17.2 Å². The van der Waals surface area contributed by atoms with Crippen molar-refractivity contribution in [3.63, 3.8) is 0 Å². The first-order valence-electron chi connectivity index (χ1n) is 5.73. The summed E-state index contributed by atoms with van der Waals surface area (Å²) in [5.41, 5.74) is 4.95. The first-order valence-corrected chi connectivity index (χ1v) is 5.73. The summed E-state index contributed by atoms with van der Waals surface area (Å²) in [4.78, 5) is 14.0. The minimum Gasteiger partial charge on any atom is -0.394 e. The zero-order valence-electron chi connectivity index (χ0n) is 10.2. The van der Waals surface area contributed by atoms with Gasteiger partial charge in [-0.05, 0) is 6.07 Å². The summed E-state index contributed by atoms with van der Waals surface area (Å²) in [7, 11) is 0. The van der Waals surface area contributed by atoms with E-state index in [1.54, 1.807) is 0 Å². The second-order valence-corrected chi connectivity index (χ2v) is 4.26. The van der Waals surface area contributed by atoms with Crippen molar-refractivity contribution in [1.82, 2.24) is 4.98 Å². The number of hydrogen-bond donors (Lipinski definition) is 5. The molecule has 10 nitrogen and oxygen atoms in total. The number of ether oxygens (including phenoxy) is 1. The van der Waals surface area contributed by atoms with Gasteiger partial charge in [0.25, 0.3) is 0 Å². The molecule has 0 radical (unpaired) electrons. The van der Waals surface area contributed by atoms with Crippen molar-refractivity contribution >= 4 is 17.2 Å². The van der Waals surface area contributed by atoms with E-state index in [2.05, 4.69) is 10.3 Å². The zero-order valence-corrected chi connectivity index (χ0v) is 10.2. The minimum absolute atomic E-state index is 0.0979. The summed E-state index contributed by atoms with van der Waals surface area (Å²) in [5, 5.41) is 41.7. The third kappa shape index (κ3) is 2.49. The fraction of sp³-hybridized carbons (Fsp3) is 0.500. The number of hydrogen-bond acceptors (Lipinski definition) is 9. The lowest BCUT2D eigenvalue weighted by Gasteiger charge is -2.17. The molecule has 2 heterocycles. The molecule has 1 aliphatic heterocycles. The van der Waals surface area contributed by atoms with Crippen LogP contribution in [0.5, 0.6) is 0 Å². The summed E-state index contributed by atoms with van der Waals surface area (Å²) in [5.74, 6) is -0.190. The lowest BCUT2D eigenvalue weighted by atomic mass is 10.1. The van der Waals surface area contributed by atoms with E-state index in [0.29, 0.717) is 0 Å². The van der Waals surface area contributed by atoms with Gasteiger partial charge in [0.1, 0.15) is 24.0 Å². The monoisotopic (exact) mass is 286 g/mol. The van der Waals surface area contributed by atoms with Crippen LogP contribution in [0.15, 0.2) is 12.3 Å². The number of nitrogen functional groups attached to an aromatic ring is 1. The molecular weight excluding hydrogens is 272 g/mol. The van der Waals surface area contributed by atoms with Crippen LogP contribution in [-0.4, -0.2) is 56.4 Å². The molecule has 0 saturated carbocycles.